The first-order chi connectivity index (χ1) is 8.67. The van der Waals surface area contributed by atoms with Gasteiger partial charge < -0.3 is 9.47 Å². The Morgan fingerprint density at radius 2 is 1.78 bits per heavy atom. The van der Waals surface area contributed by atoms with E-state index < -0.39 is 0 Å². The van der Waals surface area contributed by atoms with Gasteiger partial charge in [0, 0.05) is 5.39 Å². The summed E-state index contributed by atoms with van der Waals surface area (Å²) in [4.78, 5) is 8.06. The van der Waals surface area contributed by atoms with Crippen LogP contribution < -0.4 is 9.47 Å². The number of benzene rings is 1. The van der Waals surface area contributed by atoms with E-state index in [9.17, 15) is 0 Å². The van der Waals surface area contributed by atoms with Crippen molar-refractivity contribution >= 4 is 34.1 Å². The molecular formula is C12H12Cl2N2O2. The van der Waals surface area contributed by atoms with Crippen molar-refractivity contribution in [2.45, 2.75) is 13.8 Å². The predicted molar refractivity (Wildman–Crippen MR) is 71.9 cm³/mol. The van der Waals surface area contributed by atoms with Crippen molar-refractivity contribution in [3.8, 4) is 11.5 Å². The Kier molecular flexibility index (Phi) is 4.09. The number of hydrogen-bond acceptors (Lipinski definition) is 4. The highest BCUT2D eigenvalue weighted by molar-refractivity contribution is 6.35. The van der Waals surface area contributed by atoms with E-state index in [1.54, 1.807) is 12.1 Å². The average molecular weight is 287 g/mol. The summed E-state index contributed by atoms with van der Waals surface area (Å²) in [7, 11) is 0. The summed E-state index contributed by atoms with van der Waals surface area (Å²) in [5.41, 5.74) is 0.563. The van der Waals surface area contributed by atoms with Crippen LogP contribution in [0, 0.1) is 0 Å². The number of hydrogen-bond donors (Lipinski definition) is 0. The van der Waals surface area contributed by atoms with Gasteiger partial charge in [-0.15, -0.1) is 0 Å². The van der Waals surface area contributed by atoms with Crippen molar-refractivity contribution in [3.05, 3.63) is 22.6 Å². The summed E-state index contributed by atoms with van der Waals surface area (Å²) in [5.74, 6) is 1.17. The highest BCUT2D eigenvalue weighted by Crippen LogP contribution is 2.37. The lowest BCUT2D eigenvalue weighted by atomic mass is 10.2. The maximum atomic E-state index is 6.03. The molecule has 96 valence electrons. The normalized spacial score (nSPS) is 10.7. The van der Waals surface area contributed by atoms with E-state index in [1.807, 2.05) is 13.8 Å². The molecule has 0 bridgehead atoms. The number of fused-ring (bicyclic) bond motifs is 1. The van der Waals surface area contributed by atoms with E-state index in [2.05, 4.69) is 9.97 Å². The average Bonchev–Trinajstić information content (AvgIpc) is 2.32. The molecule has 0 aliphatic rings. The quantitative estimate of drug-likeness (QED) is 0.634. The minimum atomic E-state index is 0.0853. The van der Waals surface area contributed by atoms with Crippen LogP contribution in [0.25, 0.3) is 10.9 Å². The SMILES string of the molecule is CCOc1ccc2c(Cl)nc(Cl)nc2c1OCC. The number of halogens is 2. The number of ether oxygens (including phenoxy) is 2. The molecule has 18 heavy (non-hydrogen) atoms. The summed E-state index contributed by atoms with van der Waals surface area (Å²) in [6, 6.07) is 3.58. The van der Waals surface area contributed by atoms with Crippen molar-refractivity contribution in [2.75, 3.05) is 13.2 Å². The van der Waals surface area contributed by atoms with Crippen molar-refractivity contribution in [1.29, 1.82) is 0 Å². The fourth-order valence-electron chi connectivity index (χ4n) is 1.64. The van der Waals surface area contributed by atoms with Crippen LogP contribution in [0.4, 0.5) is 0 Å². The zero-order valence-corrected chi connectivity index (χ0v) is 11.5. The molecule has 1 aromatic carbocycles. The Hall–Kier alpha value is -1.26. The van der Waals surface area contributed by atoms with Gasteiger partial charge in [0.05, 0.1) is 13.2 Å². The van der Waals surface area contributed by atoms with Gasteiger partial charge in [0.15, 0.2) is 11.5 Å². The number of rotatable bonds is 4. The molecule has 0 atom stereocenters. The Bertz CT molecular complexity index is 575. The van der Waals surface area contributed by atoms with Gasteiger partial charge in [-0.3, -0.25) is 0 Å². The van der Waals surface area contributed by atoms with E-state index in [0.717, 1.165) is 0 Å². The van der Waals surface area contributed by atoms with E-state index in [1.165, 1.54) is 0 Å². The Morgan fingerprint density at radius 1 is 1.06 bits per heavy atom. The van der Waals surface area contributed by atoms with Gasteiger partial charge in [0.25, 0.3) is 0 Å². The first kappa shape index (κ1) is 13.2. The van der Waals surface area contributed by atoms with Gasteiger partial charge in [-0.2, -0.15) is 0 Å². The topological polar surface area (TPSA) is 44.2 Å². The molecule has 6 heteroatoms. The Morgan fingerprint density at radius 3 is 2.44 bits per heavy atom. The maximum Gasteiger partial charge on any atom is 0.224 e. The summed E-state index contributed by atoms with van der Waals surface area (Å²) >= 11 is 11.9. The fourth-order valence-corrected chi connectivity index (χ4v) is 2.09. The van der Waals surface area contributed by atoms with Crippen LogP contribution in [0.2, 0.25) is 10.4 Å². The lowest BCUT2D eigenvalue weighted by Crippen LogP contribution is -2.00. The highest BCUT2D eigenvalue weighted by Gasteiger charge is 2.15. The minimum absolute atomic E-state index is 0.0853. The molecule has 0 fully saturated rings. The van der Waals surface area contributed by atoms with Gasteiger partial charge in [-0.25, -0.2) is 9.97 Å². The Balaban J connectivity index is 2.71. The fraction of sp³-hybridized carbons (Fsp3) is 0.333. The molecule has 4 nitrogen and oxygen atoms in total. The van der Waals surface area contributed by atoms with E-state index >= 15 is 0 Å². The molecule has 0 saturated heterocycles. The molecule has 0 unspecified atom stereocenters. The van der Waals surface area contributed by atoms with Crippen LogP contribution in [0.5, 0.6) is 11.5 Å². The molecule has 1 heterocycles. The third-order valence-corrected chi connectivity index (χ3v) is 2.76. The minimum Gasteiger partial charge on any atom is -0.490 e. The summed E-state index contributed by atoms with van der Waals surface area (Å²) in [5, 5.41) is 1.07. The molecule has 0 radical (unpaired) electrons. The van der Waals surface area contributed by atoms with E-state index in [4.69, 9.17) is 32.7 Å². The molecule has 0 aliphatic carbocycles. The van der Waals surface area contributed by atoms with Crippen LogP contribution in [-0.4, -0.2) is 23.2 Å². The predicted octanol–water partition coefficient (Wildman–Crippen LogP) is 3.73. The van der Waals surface area contributed by atoms with Gasteiger partial charge in [-0.1, -0.05) is 11.6 Å². The zero-order valence-electron chi connectivity index (χ0n) is 10.0. The molecule has 0 N–H and O–H groups in total. The third kappa shape index (κ3) is 2.44. The van der Waals surface area contributed by atoms with Gasteiger partial charge in [0.1, 0.15) is 10.7 Å². The number of aromatic nitrogens is 2. The van der Waals surface area contributed by atoms with Gasteiger partial charge in [0.2, 0.25) is 5.28 Å². The zero-order chi connectivity index (χ0) is 13.1. The second-order valence-corrected chi connectivity index (χ2v) is 4.13. The summed E-state index contributed by atoms with van der Waals surface area (Å²) in [6.45, 7) is 4.83. The first-order valence-corrected chi connectivity index (χ1v) is 6.34. The summed E-state index contributed by atoms with van der Waals surface area (Å²) < 4.78 is 11.1. The van der Waals surface area contributed by atoms with Crippen molar-refractivity contribution < 1.29 is 9.47 Å². The lowest BCUT2D eigenvalue weighted by Gasteiger charge is -2.13. The molecule has 0 aliphatic heterocycles. The van der Waals surface area contributed by atoms with Crippen LogP contribution in [0.1, 0.15) is 13.8 Å². The molecule has 0 amide bonds. The standard InChI is InChI=1S/C12H12Cl2N2O2/c1-3-17-8-6-5-7-9(10(8)18-4-2)15-12(14)16-11(7)13/h5-6H,3-4H2,1-2H3. The molecule has 0 spiro atoms. The van der Waals surface area contributed by atoms with Crippen LogP contribution in [-0.2, 0) is 0 Å². The van der Waals surface area contributed by atoms with Crippen molar-refractivity contribution in [3.63, 3.8) is 0 Å². The second-order valence-electron chi connectivity index (χ2n) is 3.44. The third-order valence-electron chi connectivity index (χ3n) is 2.30. The molecule has 0 saturated carbocycles. The van der Waals surface area contributed by atoms with Gasteiger partial charge >= 0.3 is 0 Å². The molecule has 2 rings (SSSR count). The molecule has 2 aromatic rings. The van der Waals surface area contributed by atoms with Crippen LogP contribution in [0.15, 0.2) is 12.1 Å². The summed E-state index contributed by atoms with van der Waals surface area (Å²) in [6.07, 6.45) is 0. The maximum absolute atomic E-state index is 6.03. The van der Waals surface area contributed by atoms with E-state index in [0.29, 0.717) is 40.8 Å². The second kappa shape index (κ2) is 5.59. The van der Waals surface area contributed by atoms with Crippen LogP contribution >= 0.6 is 23.2 Å². The molecule has 1 aromatic heterocycles. The molecular weight excluding hydrogens is 275 g/mol. The van der Waals surface area contributed by atoms with Crippen molar-refractivity contribution in [2.24, 2.45) is 0 Å². The first-order valence-electron chi connectivity index (χ1n) is 5.58. The smallest absolute Gasteiger partial charge is 0.224 e. The van der Waals surface area contributed by atoms with Gasteiger partial charge in [-0.05, 0) is 37.6 Å². The number of nitrogens with zero attached hydrogens (tertiary/aromatic N) is 2. The largest absolute Gasteiger partial charge is 0.490 e. The Labute approximate surface area is 115 Å². The monoisotopic (exact) mass is 286 g/mol. The van der Waals surface area contributed by atoms with Crippen LogP contribution in [0.3, 0.4) is 0 Å². The van der Waals surface area contributed by atoms with E-state index in [-0.39, 0.29) is 5.28 Å². The highest BCUT2D eigenvalue weighted by atomic mass is 35.5. The van der Waals surface area contributed by atoms with Crippen molar-refractivity contribution in [1.82, 2.24) is 9.97 Å². The lowest BCUT2D eigenvalue weighted by molar-refractivity contribution is 0.290.